The van der Waals surface area contributed by atoms with Gasteiger partial charge in [0.2, 0.25) is 5.91 Å². The number of piperazine rings is 1. The smallest absolute Gasteiger partial charge is 0.270 e. The predicted octanol–water partition coefficient (Wildman–Crippen LogP) is 2.84. The normalized spacial score (nSPS) is 19.8. The Balaban J connectivity index is 1.22. The van der Waals surface area contributed by atoms with Crippen LogP contribution in [0.25, 0.3) is 10.2 Å². The van der Waals surface area contributed by atoms with Crippen LogP contribution in [0.1, 0.15) is 23.3 Å². The standard InChI is InChI=1S/C23H27N5O2S/c1-25-18-7-14-31-20(18)15-19(25)23(30)28-9-4-5-17(16-28)22(29)27-12-10-26(11-13-27)21-6-2-3-8-24-21/h2-3,6-8,14-15,17H,4-5,9-13,16H2,1H3/t17-/m1/s1. The molecule has 7 nitrogen and oxygen atoms in total. The molecule has 0 spiro atoms. The van der Waals surface area contributed by atoms with E-state index in [1.807, 2.05) is 57.1 Å². The molecule has 0 saturated carbocycles. The summed E-state index contributed by atoms with van der Waals surface area (Å²) in [5.41, 5.74) is 1.79. The molecular weight excluding hydrogens is 410 g/mol. The molecule has 0 N–H and O–H groups in total. The second kappa shape index (κ2) is 8.34. The third-order valence-electron chi connectivity index (χ3n) is 6.51. The fourth-order valence-corrected chi connectivity index (χ4v) is 5.58. The first-order valence-electron chi connectivity index (χ1n) is 10.9. The summed E-state index contributed by atoms with van der Waals surface area (Å²) in [6, 6.07) is 9.94. The van der Waals surface area contributed by atoms with Gasteiger partial charge in [-0.2, -0.15) is 0 Å². The average Bonchev–Trinajstić information content (AvgIpc) is 3.42. The van der Waals surface area contributed by atoms with E-state index in [-0.39, 0.29) is 17.7 Å². The molecule has 31 heavy (non-hydrogen) atoms. The maximum absolute atomic E-state index is 13.2. The molecule has 3 aromatic rings. The maximum atomic E-state index is 13.2. The van der Waals surface area contributed by atoms with Crippen molar-refractivity contribution in [2.45, 2.75) is 12.8 Å². The van der Waals surface area contributed by atoms with Gasteiger partial charge in [-0.25, -0.2) is 4.98 Å². The van der Waals surface area contributed by atoms with Gasteiger partial charge < -0.3 is 19.3 Å². The van der Waals surface area contributed by atoms with Crippen molar-refractivity contribution in [3.8, 4) is 0 Å². The van der Waals surface area contributed by atoms with E-state index in [0.717, 1.165) is 48.5 Å². The Labute approximate surface area is 185 Å². The Bertz CT molecular complexity index is 1080. The molecule has 5 heterocycles. The van der Waals surface area contributed by atoms with Crippen molar-refractivity contribution in [2.24, 2.45) is 13.0 Å². The second-order valence-electron chi connectivity index (χ2n) is 8.35. The van der Waals surface area contributed by atoms with Gasteiger partial charge in [0.05, 0.1) is 16.1 Å². The van der Waals surface area contributed by atoms with Crippen LogP contribution < -0.4 is 4.90 Å². The van der Waals surface area contributed by atoms with Gasteiger partial charge in [0.15, 0.2) is 0 Å². The average molecular weight is 438 g/mol. The van der Waals surface area contributed by atoms with Gasteiger partial charge in [0.1, 0.15) is 11.5 Å². The number of anilines is 1. The molecule has 0 aliphatic carbocycles. The van der Waals surface area contributed by atoms with Crippen LogP contribution in [0, 0.1) is 5.92 Å². The maximum Gasteiger partial charge on any atom is 0.270 e. The lowest BCUT2D eigenvalue weighted by Gasteiger charge is -2.39. The minimum Gasteiger partial charge on any atom is -0.353 e. The molecule has 0 bridgehead atoms. The molecule has 1 atom stereocenters. The number of thiophene rings is 1. The minimum atomic E-state index is -0.111. The first-order chi connectivity index (χ1) is 15.1. The lowest BCUT2D eigenvalue weighted by atomic mass is 9.96. The number of aromatic nitrogens is 2. The number of nitrogens with zero attached hydrogens (tertiary/aromatic N) is 5. The van der Waals surface area contributed by atoms with Gasteiger partial charge >= 0.3 is 0 Å². The number of hydrogen-bond acceptors (Lipinski definition) is 5. The molecule has 2 saturated heterocycles. The lowest BCUT2D eigenvalue weighted by Crippen LogP contribution is -2.53. The lowest BCUT2D eigenvalue weighted by molar-refractivity contribution is -0.137. The Morgan fingerprint density at radius 1 is 1.06 bits per heavy atom. The summed E-state index contributed by atoms with van der Waals surface area (Å²) in [6.45, 7) is 4.21. The Kier molecular flexibility index (Phi) is 5.40. The fraction of sp³-hybridized carbons (Fsp3) is 0.435. The van der Waals surface area contributed by atoms with Crippen molar-refractivity contribution < 1.29 is 9.59 Å². The van der Waals surface area contributed by atoms with Crippen molar-refractivity contribution >= 4 is 39.2 Å². The zero-order valence-electron chi connectivity index (χ0n) is 17.7. The molecule has 2 amide bonds. The molecule has 2 fully saturated rings. The summed E-state index contributed by atoms with van der Waals surface area (Å²) in [5, 5.41) is 2.04. The minimum absolute atomic E-state index is 0.0309. The number of aryl methyl sites for hydroxylation is 1. The van der Waals surface area contributed by atoms with Crippen LogP contribution in [-0.2, 0) is 11.8 Å². The van der Waals surface area contributed by atoms with Crippen LogP contribution in [0.3, 0.4) is 0 Å². The summed E-state index contributed by atoms with van der Waals surface area (Å²) >= 11 is 1.65. The SMILES string of the molecule is Cn1c(C(=O)N2CCC[C@@H](C(=O)N3CCN(c4ccccn4)CC3)C2)cc2sccc21. The zero-order chi connectivity index (χ0) is 21.4. The number of rotatable bonds is 3. The number of likely N-dealkylation sites (tertiary alicyclic amines) is 1. The van der Waals surface area contributed by atoms with Gasteiger partial charge in [0.25, 0.3) is 5.91 Å². The Morgan fingerprint density at radius 2 is 1.90 bits per heavy atom. The van der Waals surface area contributed by atoms with Gasteiger partial charge in [-0.3, -0.25) is 9.59 Å². The number of fused-ring (bicyclic) bond motifs is 1. The second-order valence-corrected chi connectivity index (χ2v) is 9.30. The topological polar surface area (TPSA) is 61.7 Å². The zero-order valence-corrected chi connectivity index (χ0v) is 18.6. The largest absolute Gasteiger partial charge is 0.353 e. The predicted molar refractivity (Wildman–Crippen MR) is 122 cm³/mol. The number of carbonyl (C=O) groups excluding carboxylic acids is 2. The summed E-state index contributed by atoms with van der Waals surface area (Å²) in [6.07, 6.45) is 3.52. The molecule has 2 aliphatic rings. The molecule has 3 aromatic heterocycles. The van der Waals surface area contributed by atoms with E-state index in [1.165, 1.54) is 0 Å². The molecule has 0 unspecified atom stereocenters. The summed E-state index contributed by atoms with van der Waals surface area (Å²) in [4.78, 5) is 36.9. The molecule has 0 radical (unpaired) electrons. The molecule has 2 aliphatic heterocycles. The molecule has 0 aromatic carbocycles. The molecular formula is C23H27N5O2S. The van der Waals surface area contributed by atoms with Gasteiger partial charge in [-0.1, -0.05) is 6.07 Å². The van der Waals surface area contributed by atoms with Crippen LogP contribution in [0.2, 0.25) is 0 Å². The van der Waals surface area contributed by atoms with E-state index in [1.54, 1.807) is 17.5 Å². The van der Waals surface area contributed by atoms with Crippen molar-refractivity contribution in [2.75, 3.05) is 44.2 Å². The van der Waals surface area contributed by atoms with Crippen LogP contribution in [0.15, 0.2) is 41.9 Å². The quantitative estimate of drug-likeness (QED) is 0.632. The van der Waals surface area contributed by atoms with E-state index in [0.29, 0.717) is 25.3 Å². The number of piperidine rings is 1. The highest BCUT2D eigenvalue weighted by Gasteiger charge is 2.33. The Morgan fingerprint density at radius 3 is 2.65 bits per heavy atom. The van der Waals surface area contributed by atoms with Crippen LogP contribution in [-0.4, -0.2) is 70.4 Å². The highest BCUT2D eigenvalue weighted by Crippen LogP contribution is 2.27. The Hall–Kier alpha value is -2.87. The van der Waals surface area contributed by atoms with Crippen molar-refractivity contribution in [3.05, 3.63) is 47.6 Å². The first kappa shape index (κ1) is 20.1. The van der Waals surface area contributed by atoms with Gasteiger partial charge in [-0.15, -0.1) is 11.3 Å². The van der Waals surface area contributed by atoms with Gasteiger partial charge in [0, 0.05) is 52.5 Å². The highest BCUT2D eigenvalue weighted by molar-refractivity contribution is 7.17. The van der Waals surface area contributed by atoms with Crippen LogP contribution in [0.5, 0.6) is 0 Å². The van der Waals surface area contributed by atoms with Gasteiger partial charge in [-0.05, 0) is 42.5 Å². The number of carbonyl (C=O) groups is 2. The van der Waals surface area contributed by atoms with E-state index < -0.39 is 0 Å². The van der Waals surface area contributed by atoms with Crippen molar-refractivity contribution in [1.82, 2.24) is 19.4 Å². The van der Waals surface area contributed by atoms with Crippen LogP contribution >= 0.6 is 11.3 Å². The van der Waals surface area contributed by atoms with Crippen LogP contribution in [0.4, 0.5) is 5.82 Å². The summed E-state index contributed by atoms with van der Waals surface area (Å²) in [7, 11) is 1.94. The first-order valence-corrected chi connectivity index (χ1v) is 11.8. The number of amides is 2. The molecule has 162 valence electrons. The molecule has 5 rings (SSSR count). The van der Waals surface area contributed by atoms with E-state index in [9.17, 15) is 9.59 Å². The third-order valence-corrected chi connectivity index (χ3v) is 7.36. The van der Waals surface area contributed by atoms with E-state index in [4.69, 9.17) is 0 Å². The van der Waals surface area contributed by atoms with E-state index >= 15 is 0 Å². The number of pyridine rings is 1. The fourth-order valence-electron chi connectivity index (χ4n) is 4.74. The summed E-state index contributed by atoms with van der Waals surface area (Å²) < 4.78 is 3.09. The van der Waals surface area contributed by atoms with E-state index in [2.05, 4.69) is 9.88 Å². The summed E-state index contributed by atoms with van der Waals surface area (Å²) in [5.74, 6) is 1.07. The van der Waals surface area contributed by atoms with Crippen molar-refractivity contribution in [3.63, 3.8) is 0 Å². The monoisotopic (exact) mass is 437 g/mol. The highest BCUT2D eigenvalue weighted by atomic mass is 32.1. The third kappa shape index (κ3) is 3.80. The van der Waals surface area contributed by atoms with Crippen molar-refractivity contribution in [1.29, 1.82) is 0 Å². The number of hydrogen-bond donors (Lipinski definition) is 0. The molecule has 8 heteroatoms.